The maximum Gasteiger partial charge on any atom is 0.119 e. The Kier molecular flexibility index (Phi) is 3.06. The Labute approximate surface area is 109 Å². The molecule has 0 aliphatic heterocycles. The molecular formula is C16H22O2. The van der Waals surface area contributed by atoms with Gasteiger partial charge in [0.15, 0.2) is 0 Å². The van der Waals surface area contributed by atoms with Crippen LogP contribution < -0.4 is 4.74 Å². The molecule has 2 nitrogen and oxygen atoms in total. The van der Waals surface area contributed by atoms with Crippen molar-refractivity contribution in [2.24, 2.45) is 5.41 Å². The van der Waals surface area contributed by atoms with E-state index < -0.39 is 0 Å². The first-order valence-corrected chi connectivity index (χ1v) is 7.18. The van der Waals surface area contributed by atoms with Crippen molar-refractivity contribution < 1.29 is 9.84 Å². The van der Waals surface area contributed by atoms with E-state index in [2.05, 4.69) is 31.2 Å². The number of hydrogen-bond acceptors (Lipinski definition) is 2. The molecule has 0 aromatic heterocycles. The molecule has 1 spiro atoms. The predicted molar refractivity (Wildman–Crippen MR) is 71.8 cm³/mol. The summed E-state index contributed by atoms with van der Waals surface area (Å²) in [6, 6.07) is 8.38. The summed E-state index contributed by atoms with van der Waals surface area (Å²) in [6.07, 6.45) is 6.69. The molecule has 1 aromatic carbocycles. The van der Waals surface area contributed by atoms with Crippen molar-refractivity contribution in [2.75, 3.05) is 0 Å². The number of rotatable bonds is 3. The normalized spacial score (nSPS) is 29.2. The Bertz CT molecular complexity index is 404. The van der Waals surface area contributed by atoms with E-state index >= 15 is 0 Å². The first-order chi connectivity index (χ1) is 8.74. The van der Waals surface area contributed by atoms with Crippen LogP contribution in [-0.2, 0) is 6.42 Å². The van der Waals surface area contributed by atoms with Gasteiger partial charge in [-0.15, -0.1) is 0 Å². The minimum absolute atomic E-state index is 0.0728. The average molecular weight is 246 g/mol. The molecule has 2 heteroatoms. The molecule has 2 aliphatic rings. The molecule has 1 aromatic rings. The summed E-state index contributed by atoms with van der Waals surface area (Å²) in [4.78, 5) is 0. The highest BCUT2D eigenvalue weighted by molar-refractivity contribution is 5.28. The first-order valence-electron chi connectivity index (χ1n) is 7.18. The Morgan fingerprint density at radius 1 is 1.22 bits per heavy atom. The van der Waals surface area contributed by atoms with Crippen molar-refractivity contribution in [1.29, 1.82) is 0 Å². The largest absolute Gasteiger partial charge is 0.490 e. The van der Waals surface area contributed by atoms with Gasteiger partial charge >= 0.3 is 0 Å². The zero-order chi connectivity index (χ0) is 12.6. The van der Waals surface area contributed by atoms with Gasteiger partial charge in [0.2, 0.25) is 0 Å². The molecule has 0 amide bonds. The molecule has 2 saturated carbocycles. The molecule has 2 atom stereocenters. The van der Waals surface area contributed by atoms with Crippen molar-refractivity contribution in [1.82, 2.24) is 0 Å². The van der Waals surface area contributed by atoms with Gasteiger partial charge < -0.3 is 9.84 Å². The van der Waals surface area contributed by atoms with E-state index in [0.717, 1.165) is 31.4 Å². The fraction of sp³-hybridized carbons (Fsp3) is 0.625. The van der Waals surface area contributed by atoms with Crippen LogP contribution in [0, 0.1) is 5.41 Å². The van der Waals surface area contributed by atoms with Gasteiger partial charge in [0.1, 0.15) is 11.9 Å². The number of aryl methyl sites for hydroxylation is 1. The molecule has 2 fully saturated rings. The van der Waals surface area contributed by atoms with Gasteiger partial charge in [0.05, 0.1) is 6.10 Å². The number of aliphatic hydroxyl groups is 1. The highest BCUT2D eigenvalue weighted by atomic mass is 16.5. The summed E-state index contributed by atoms with van der Waals surface area (Å²) in [6.45, 7) is 2.16. The van der Waals surface area contributed by atoms with Gasteiger partial charge in [-0.25, -0.2) is 0 Å². The standard InChI is InChI=1S/C16H22O2/c1-2-12-5-7-13(8-6-12)18-15-11-14(17)16(15)9-3-4-10-16/h5-8,14-15,17H,2-4,9-11H2,1H3. The van der Waals surface area contributed by atoms with Crippen LogP contribution >= 0.6 is 0 Å². The second-order valence-corrected chi connectivity index (χ2v) is 5.80. The van der Waals surface area contributed by atoms with Gasteiger partial charge in [-0.1, -0.05) is 31.9 Å². The Hall–Kier alpha value is -1.02. The number of aliphatic hydroxyl groups excluding tert-OH is 1. The summed E-state index contributed by atoms with van der Waals surface area (Å²) in [5.74, 6) is 0.954. The average Bonchev–Trinajstić information content (AvgIpc) is 2.92. The minimum atomic E-state index is -0.139. The number of ether oxygens (including phenoxy) is 1. The van der Waals surface area contributed by atoms with Gasteiger partial charge in [0.25, 0.3) is 0 Å². The van der Waals surface area contributed by atoms with Crippen molar-refractivity contribution in [3.05, 3.63) is 29.8 Å². The molecule has 98 valence electrons. The summed E-state index contributed by atoms with van der Waals surface area (Å²) in [5.41, 5.74) is 1.41. The Morgan fingerprint density at radius 2 is 1.89 bits per heavy atom. The first kappa shape index (κ1) is 12.0. The molecule has 3 rings (SSSR count). The van der Waals surface area contributed by atoms with E-state index in [1.165, 1.54) is 18.4 Å². The van der Waals surface area contributed by atoms with E-state index in [0.29, 0.717) is 0 Å². The van der Waals surface area contributed by atoms with Crippen molar-refractivity contribution >= 4 is 0 Å². The molecule has 2 aliphatic carbocycles. The van der Waals surface area contributed by atoms with Crippen LogP contribution in [0.15, 0.2) is 24.3 Å². The minimum Gasteiger partial charge on any atom is -0.490 e. The molecule has 0 radical (unpaired) electrons. The van der Waals surface area contributed by atoms with Crippen LogP contribution in [0.4, 0.5) is 0 Å². The summed E-state index contributed by atoms with van der Waals surface area (Å²) < 4.78 is 6.10. The van der Waals surface area contributed by atoms with Crippen LogP contribution in [-0.4, -0.2) is 17.3 Å². The number of hydrogen-bond donors (Lipinski definition) is 1. The second kappa shape index (κ2) is 4.58. The lowest BCUT2D eigenvalue weighted by molar-refractivity contribution is -0.151. The van der Waals surface area contributed by atoms with Gasteiger partial charge in [-0.05, 0) is 37.0 Å². The lowest BCUT2D eigenvalue weighted by Gasteiger charge is -2.51. The SMILES string of the molecule is CCc1ccc(OC2CC(O)C23CCCC3)cc1. The van der Waals surface area contributed by atoms with E-state index in [4.69, 9.17) is 4.74 Å². The second-order valence-electron chi connectivity index (χ2n) is 5.80. The molecule has 0 bridgehead atoms. The molecule has 0 heterocycles. The quantitative estimate of drug-likeness (QED) is 0.886. The zero-order valence-corrected chi connectivity index (χ0v) is 11.1. The summed E-state index contributed by atoms with van der Waals surface area (Å²) >= 11 is 0. The third-order valence-electron chi connectivity index (χ3n) is 4.89. The maximum absolute atomic E-state index is 10.0. The third kappa shape index (κ3) is 1.83. The fourth-order valence-corrected chi connectivity index (χ4v) is 3.55. The van der Waals surface area contributed by atoms with Gasteiger partial charge in [-0.2, -0.15) is 0 Å². The van der Waals surface area contributed by atoms with Gasteiger partial charge in [0, 0.05) is 11.8 Å². The Morgan fingerprint density at radius 3 is 2.44 bits per heavy atom. The van der Waals surface area contributed by atoms with Crippen molar-refractivity contribution in [3.63, 3.8) is 0 Å². The van der Waals surface area contributed by atoms with Crippen LogP contribution in [0.5, 0.6) is 5.75 Å². The van der Waals surface area contributed by atoms with Gasteiger partial charge in [-0.3, -0.25) is 0 Å². The highest BCUT2D eigenvalue weighted by Gasteiger charge is 2.57. The van der Waals surface area contributed by atoms with E-state index in [9.17, 15) is 5.11 Å². The highest BCUT2D eigenvalue weighted by Crippen LogP contribution is 2.54. The lowest BCUT2D eigenvalue weighted by atomic mass is 9.62. The smallest absolute Gasteiger partial charge is 0.119 e. The lowest BCUT2D eigenvalue weighted by Crippen LogP contribution is -2.58. The van der Waals surface area contributed by atoms with Crippen LogP contribution in [0.2, 0.25) is 0 Å². The van der Waals surface area contributed by atoms with Crippen LogP contribution in [0.3, 0.4) is 0 Å². The third-order valence-corrected chi connectivity index (χ3v) is 4.89. The van der Waals surface area contributed by atoms with Crippen molar-refractivity contribution in [2.45, 2.75) is 57.7 Å². The molecule has 2 unspecified atom stereocenters. The zero-order valence-electron chi connectivity index (χ0n) is 11.1. The Balaban J connectivity index is 1.69. The molecular weight excluding hydrogens is 224 g/mol. The summed E-state index contributed by atoms with van der Waals surface area (Å²) in [7, 11) is 0. The monoisotopic (exact) mass is 246 g/mol. The number of benzene rings is 1. The van der Waals surface area contributed by atoms with E-state index in [1.54, 1.807) is 0 Å². The molecule has 1 N–H and O–H groups in total. The van der Waals surface area contributed by atoms with Crippen molar-refractivity contribution in [3.8, 4) is 5.75 Å². The predicted octanol–water partition coefficient (Wildman–Crippen LogP) is 3.32. The summed E-state index contributed by atoms with van der Waals surface area (Å²) in [5, 5.41) is 10.0. The van der Waals surface area contributed by atoms with Crippen LogP contribution in [0.25, 0.3) is 0 Å². The fourth-order valence-electron chi connectivity index (χ4n) is 3.55. The van der Waals surface area contributed by atoms with E-state index in [-0.39, 0.29) is 17.6 Å². The molecule has 18 heavy (non-hydrogen) atoms. The van der Waals surface area contributed by atoms with Crippen LogP contribution in [0.1, 0.15) is 44.6 Å². The van der Waals surface area contributed by atoms with E-state index in [1.807, 2.05) is 0 Å². The molecule has 0 saturated heterocycles. The maximum atomic E-state index is 10.0. The topological polar surface area (TPSA) is 29.5 Å².